The molecule has 0 radical (unpaired) electrons. The van der Waals surface area contributed by atoms with E-state index in [2.05, 4.69) is 10.1 Å². The molecule has 2 aromatic rings. The van der Waals surface area contributed by atoms with Gasteiger partial charge in [0.25, 0.3) is 5.69 Å². The Bertz CT molecular complexity index is 895. The fraction of sp³-hybridized carbons (Fsp3) is 0.625. The third kappa shape index (κ3) is 7.14. The first-order valence-corrected chi connectivity index (χ1v) is 11.5. The minimum atomic E-state index is -0.553. The van der Waals surface area contributed by atoms with Crippen LogP contribution in [0.4, 0.5) is 5.69 Å². The van der Waals surface area contributed by atoms with Crippen LogP contribution in [0.1, 0.15) is 90.4 Å². The zero-order chi connectivity index (χ0) is 23.1. The fourth-order valence-corrected chi connectivity index (χ4v) is 4.28. The molecule has 1 saturated carbocycles. The molecular weight excluding hydrogens is 410 g/mol. The summed E-state index contributed by atoms with van der Waals surface area (Å²) in [5.74, 6) is 1.04. The molecule has 32 heavy (non-hydrogen) atoms. The van der Waals surface area contributed by atoms with E-state index in [1.807, 2.05) is 20.8 Å². The van der Waals surface area contributed by atoms with Crippen LogP contribution in [0.3, 0.4) is 0 Å². The lowest BCUT2D eigenvalue weighted by Gasteiger charge is -2.23. The number of rotatable bonds is 9. The number of ether oxygens (including phenoxy) is 1. The number of aromatic nitrogens is 2. The molecule has 0 spiro atoms. The highest BCUT2D eigenvalue weighted by molar-refractivity contribution is 5.70. The van der Waals surface area contributed by atoms with Crippen LogP contribution in [-0.4, -0.2) is 26.6 Å². The van der Waals surface area contributed by atoms with E-state index in [4.69, 9.17) is 9.26 Å². The first-order valence-electron chi connectivity index (χ1n) is 11.5. The van der Waals surface area contributed by atoms with Gasteiger partial charge in [-0.2, -0.15) is 4.98 Å². The summed E-state index contributed by atoms with van der Waals surface area (Å²) in [5.41, 5.74) is 0.0782. The monoisotopic (exact) mass is 443 g/mol. The Hall–Kier alpha value is -2.77. The molecule has 8 nitrogen and oxygen atoms in total. The van der Waals surface area contributed by atoms with Crippen molar-refractivity contribution >= 4 is 11.7 Å². The van der Waals surface area contributed by atoms with Crippen LogP contribution in [-0.2, 0) is 9.53 Å². The molecule has 1 heterocycles. The third-order valence-electron chi connectivity index (χ3n) is 5.85. The second kappa shape index (κ2) is 10.7. The summed E-state index contributed by atoms with van der Waals surface area (Å²) in [6.45, 7) is 5.55. The van der Waals surface area contributed by atoms with Gasteiger partial charge in [-0.1, -0.05) is 50.1 Å². The molecule has 1 unspecified atom stereocenters. The number of esters is 1. The van der Waals surface area contributed by atoms with Gasteiger partial charge in [-0.15, -0.1) is 0 Å². The van der Waals surface area contributed by atoms with Crippen LogP contribution in [0.5, 0.6) is 0 Å². The summed E-state index contributed by atoms with van der Waals surface area (Å²) in [6, 6.07) is 6.01. The molecule has 0 saturated heterocycles. The number of hydrogen-bond acceptors (Lipinski definition) is 7. The molecule has 1 aromatic carbocycles. The maximum absolute atomic E-state index is 12.5. The highest BCUT2D eigenvalue weighted by Gasteiger charge is 2.26. The SMILES string of the molecule is CC(C)(C)OC(=O)CC(CCCC1CCCCC1)c1nc(-c2ccc([N+](=O)[O-])cc2)no1. The number of non-ortho nitro benzene ring substituents is 1. The van der Waals surface area contributed by atoms with Gasteiger partial charge in [0.05, 0.1) is 11.3 Å². The van der Waals surface area contributed by atoms with E-state index in [1.54, 1.807) is 12.1 Å². The molecule has 8 heteroatoms. The van der Waals surface area contributed by atoms with E-state index in [0.29, 0.717) is 17.3 Å². The van der Waals surface area contributed by atoms with Crippen molar-refractivity contribution in [2.45, 2.75) is 90.1 Å². The predicted molar refractivity (Wildman–Crippen MR) is 120 cm³/mol. The highest BCUT2D eigenvalue weighted by Crippen LogP contribution is 2.32. The third-order valence-corrected chi connectivity index (χ3v) is 5.85. The van der Waals surface area contributed by atoms with Gasteiger partial charge in [0.2, 0.25) is 11.7 Å². The molecule has 174 valence electrons. The van der Waals surface area contributed by atoms with E-state index in [0.717, 1.165) is 25.2 Å². The minimum Gasteiger partial charge on any atom is -0.460 e. The van der Waals surface area contributed by atoms with Crippen molar-refractivity contribution in [3.63, 3.8) is 0 Å². The second-order valence-electron chi connectivity index (χ2n) is 9.68. The average molecular weight is 444 g/mol. The number of benzene rings is 1. The Morgan fingerprint density at radius 1 is 1.22 bits per heavy atom. The molecule has 0 aliphatic heterocycles. The smallest absolute Gasteiger partial charge is 0.307 e. The standard InChI is InChI=1S/C24H33N3O5/c1-24(2,3)31-21(28)16-19(11-7-10-17-8-5-4-6-9-17)23-25-22(26-32-23)18-12-14-20(15-13-18)27(29)30/h12-15,17,19H,4-11,16H2,1-3H3. The van der Waals surface area contributed by atoms with Gasteiger partial charge in [-0.05, 0) is 45.2 Å². The molecule has 1 aromatic heterocycles. The molecule has 1 atom stereocenters. The van der Waals surface area contributed by atoms with Crippen molar-refractivity contribution < 1.29 is 19.0 Å². The normalized spacial score (nSPS) is 16.0. The van der Waals surface area contributed by atoms with E-state index in [1.165, 1.54) is 44.2 Å². The molecule has 1 aliphatic carbocycles. The van der Waals surface area contributed by atoms with Crippen molar-refractivity contribution in [1.82, 2.24) is 10.1 Å². The highest BCUT2D eigenvalue weighted by atomic mass is 16.6. The lowest BCUT2D eigenvalue weighted by Crippen LogP contribution is -2.25. The molecule has 3 rings (SSSR count). The summed E-state index contributed by atoms with van der Waals surface area (Å²) >= 11 is 0. The minimum absolute atomic E-state index is 0.00276. The Labute approximate surface area is 188 Å². The Morgan fingerprint density at radius 2 is 1.91 bits per heavy atom. The fourth-order valence-electron chi connectivity index (χ4n) is 4.28. The van der Waals surface area contributed by atoms with Crippen LogP contribution in [0, 0.1) is 16.0 Å². The molecular formula is C24H33N3O5. The van der Waals surface area contributed by atoms with Gasteiger partial charge >= 0.3 is 5.97 Å². The summed E-state index contributed by atoms with van der Waals surface area (Å²) in [4.78, 5) is 27.4. The number of nitrogens with zero attached hydrogens (tertiary/aromatic N) is 3. The van der Waals surface area contributed by atoms with Gasteiger partial charge in [0, 0.05) is 23.6 Å². The van der Waals surface area contributed by atoms with Crippen LogP contribution in [0.15, 0.2) is 28.8 Å². The first kappa shape index (κ1) is 23.9. The molecule has 1 fully saturated rings. The summed E-state index contributed by atoms with van der Waals surface area (Å²) in [6.07, 6.45) is 9.65. The van der Waals surface area contributed by atoms with Crippen molar-refractivity contribution in [2.75, 3.05) is 0 Å². The summed E-state index contributed by atoms with van der Waals surface area (Å²) in [7, 11) is 0. The van der Waals surface area contributed by atoms with Gasteiger partial charge in [-0.3, -0.25) is 14.9 Å². The maximum atomic E-state index is 12.5. The largest absolute Gasteiger partial charge is 0.460 e. The van der Waals surface area contributed by atoms with Gasteiger partial charge in [-0.25, -0.2) is 0 Å². The zero-order valence-electron chi connectivity index (χ0n) is 19.2. The van der Waals surface area contributed by atoms with Gasteiger partial charge in [0.1, 0.15) is 5.60 Å². The van der Waals surface area contributed by atoms with Crippen molar-refractivity contribution in [3.05, 3.63) is 40.3 Å². The van der Waals surface area contributed by atoms with E-state index in [9.17, 15) is 14.9 Å². The number of carbonyl (C=O) groups excluding carboxylic acids is 1. The summed E-state index contributed by atoms with van der Waals surface area (Å²) < 4.78 is 11.1. The van der Waals surface area contributed by atoms with Crippen LogP contribution < -0.4 is 0 Å². The quantitative estimate of drug-likeness (QED) is 0.257. The number of hydrogen-bond donors (Lipinski definition) is 0. The van der Waals surface area contributed by atoms with E-state index in [-0.39, 0.29) is 24.0 Å². The molecule has 0 N–H and O–H groups in total. The van der Waals surface area contributed by atoms with Crippen molar-refractivity contribution in [3.8, 4) is 11.4 Å². The summed E-state index contributed by atoms with van der Waals surface area (Å²) in [5, 5.41) is 14.9. The zero-order valence-corrected chi connectivity index (χ0v) is 19.2. The Morgan fingerprint density at radius 3 is 2.53 bits per heavy atom. The average Bonchev–Trinajstić information content (AvgIpc) is 3.23. The lowest BCUT2D eigenvalue weighted by molar-refractivity contribution is -0.384. The topological polar surface area (TPSA) is 108 Å². The second-order valence-corrected chi connectivity index (χ2v) is 9.68. The molecule has 1 aliphatic rings. The van der Waals surface area contributed by atoms with Crippen LogP contribution in [0.25, 0.3) is 11.4 Å². The number of nitro benzene ring substituents is 1. The number of nitro groups is 1. The van der Waals surface area contributed by atoms with Crippen LogP contribution >= 0.6 is 0 Å². The van der Waals surface area contributed by atoms with Gasteiger partial charge < -0.3 is 9.26 Å². The molecule has 0 amide bonds. The Kier molecular flexibility index (Phi) is 7.99. The van der Waals surface area contributed by atoms with Crippen LogP contribution in [0.2, 0.25) is 0 Å². The van der Waals surface area contributed by atoms with E-state index >= 15 is 0 Å². The van der Waals surface area contributed by atoms with Gasteiger partial charge in [0.15, 0.2) is 0 Å². The lowest BCUT2D eigenvalue weighted by atomic mass is 9.84. The number of carbonyl (C=O) groups is 1. The maximum Gasteiger partial charge on any atom is 0.307 e. The van der Waals surface area contributed by atoms with Crippen molar-refractivity contribution in [1.29, 1.82) is 0 Å². The first-order chi connectivity index (χ1) is 15.2. The Balaban J connectivity index is 1.69. The van der Waals surface area contributed by atoms with E-state index < -0.39 is 10.5 Å². The van der Waals surface area contributed by atoms with Crippen molar-refractivity contribution in [2.24, 2.45) is 5.92 Å². The molecule has 0 bridgehead atoms. The predicted octanol–water partition coefficient (Wildman–Crippen LogP) is 6.21.